The molecule has 2 aromatic carbocycles. The Morgan fingerprint density at radius 2 is 1.69 bits per heavy atom. The Bertz CT molecular complexity index is 1220. The maximum absolute atomic E-state index is 12.5. The van der Waals surface area contributed by atoms with Gasteiger partial charge < -0.3 is 9.97 Å². The summed E-state index contributed by atoms with van der Waals surface area (Å²) < 4.78 is 27.7. The van der Waals surface area contributed by atoms with Crippen LogP contribution in [0.2, 0.25) is 0 Å². The average Bonchev–Trinajstić information content (AvgIpc) is 3.25. The van der Waals surface area contributed by atoms with Crippen molar-refractivity contribution in [2.24, 2.45) is 0 Å². The number of fused-ring (bicyclic) bond motifs is 1. The maximum atomic E-state index is 12.5. The Morgan fingerprint density at radius 3 is 2.50 bits per heavy atom. The number of aromatic amines is 2. The first kappa shape index (κ1) is 16.8. The Balaban J connectivity index is 1.52. The number of thiophene rings is 1. The summed E-state index contributed by atoms with van der Waals surface area (Å²) in [6.07, 6.45) is 0. The van der Waals surface area contributed by atoms with Gasteiger partial charge >= 0.3 is 5.69 Å². The van der Waals surface area contributed by atoms with E-state index in [-0.39, 0.29) is 17.1 Å². The highest BCUT2D eigenvalue weighted by Gasteiger charge is 2.15. The summed E-state index contributed by atoms with van der Waals surface area (Å²) in [7, 11) is -3.68. The van der Waals surface area contributed by atoms with E-state index in [1.165, 1.54) is 12.1 Å². The van der Waals surface area contributed by atoms with Gasteiger partial charge in [-0.1, -0.05) is 30.3 Å². The molecule has 132 valence electrons. The van der Waals surface area contributed by atoms with Crippen molar-refractivity contribution in [3.8, 4) is 10.4 Å². The van der Waals surface area contributed by atoms with Crippen LogP contribution >= 0.6 is 11.3 Å². The number of hydrogen-bond donors (Lipinski definition) is 3. The molecule has 0 atom stereocenters. The van der Waals surface area contributed by atoms with Gasteiger partial charge in [0.1, 0.15) is 0 Å². The lowest BCUT2D eigenvalue weighted by atomic mass is 10.2. The standard InChI is InChI=1S/C18H15N3O3S2/c22-18-20-15-8-7-14(10-16(15)21-18)26(23,24)19-11-13-6-9-17(25-13)12-4-2-1-3-5-12/h1-10,19H,11H2,(H2,20,21,22). The zero-order valence-electron chi connectivity index (χ0n) is 13.5. The Hall–Kier alpha value is -2.68. The van der Waals surface area contributed by atoms with Crippen molar-refractivity contribution in [1.82, 2.24) is 14.7 Å². The van der Waals surface area contributed by atoms with Gasteiger partial charge in [-0.15, -0.1) is 11.3 Å². The molecule has 0 saturated heterocycles. The van der Waals surface area contributed by atoms with Crippen molar-refractivity contribution in [3.63, 3.8) is 0 Å². The highest BCUT2D eigenvalue weighted by atomic mass is 32.2. The van der Waals surface area contributed by atoms with Gasteiger partial charge in [-0.05, 0) is 35.9 Å². The Morgan fingerprint density at radius 1 is 0.923 bits per heavy atom. The van der Waals surface area contributed by atoms with Gasteiger partial charge in [-0.3, -0.25) is 0 Å². The normalized spacial score (nSPS) is 11.8. The zero-order valence-corrected chi connectivity index (χ0v) is 15.2. The van der Waals surface area contributed by atoms with Crippen LogP contribution in [0.1, 0.15) is 4.88 Å². The van der Waals surface area contributed by atoms with Crippen LogP contribution in [-0.2, 0) is 16.6 Å². The average molecular weight is 385 g/mol. The third kappa shape index (κ3) is 3.34. The largest absolute Gasteiger partial charge is 0.323 e. The van der Waals surface area contributed by atoms with Crippen molar-refractivity contribution in [2.75, 3.05) is 0 Å². The van der Waals surface area contributed by atoms with Gasteiger partial charge in [0.2, 0.25) is 10.0 Å². The van der Waals surface area contributed by atoms with E-state index in [2.05, 4.69) is 14.7 Å². The Labute approximate surface area is 153 Å². The first-order chi connectivity index (χ1) is 12.5. The molecule has 2 aromatic heterocycles. The van der Waals surface area contributed by atoms with Crippen LogP contribution in [0.15, 0.2) is 70.4 Å². The van der Waals surface area contributed by atoms with Crippen LogP contribution < -0.4 is 10.4 Å². The molecule has 0 aliphatic heterocycles. The molecule has 0 bridgehead atoms. The van der Waals surface area contributed by atoms with E-state index in [4.69, 9.17) is 0 Å². The van der Waals surface area contributed by atoms with Crippen LogP contribution in [0.3, 0.4) is 0 Å². The van der Waals surface area contributed by atoms with E-state index < -0.39 is 10.0 Å². The minimum Gasteiger partial charge on any atom is -0.306 e. The van der Waals surface area contributed by atoms with Crippen molar-refractivity contribution < 1.29 is 8.42 Å². The highest BCUT2D eigenvalue weighted by molar-refractivity contribution is 7.89. The Kier molecular flexibility index (Phi) is 4.23. The van der Waals surface area contributed by atoms with E-state index in [0.29, 0.717) is 11.0 Å². The molecule has 0 fully saturated rings. The van der Waals surface area contributed by atoms with Crippen LogP contribution in [0, 0.1) is 0 Å². The number of sulfonamides is 1. The number of aromatic nitrogens is 2. The van der Waals surface area contributed by atoms with E-state index >= 15 is 0 Å². The van der Waals surface area contributed by atoms with E-state index in [1.54, 1.807) is 17.4 Å². The van der Waals surface area contributed by atoms with E-state index in [9.17, 15) is 13.2 Å². The summed E-state index contributed by atoms with van der Waals surface area (Å²) in [6, 6.07) is 18.3. The third-order valence-electron chi connectivity index (χ3n) is 3.95. The first-order valence-electron chi connectivity index (χ1n) is 7.87. The lowest BCUT2D eigenvalue weighted by molar-refractivity contribution is 0.582. The molecule has 4 aromatic rings. The first-order valence-corrected chi connectivity index (χ1v) is 10.2. The lowest BCUT2D eigenvalue weighted by Gasteiger charge is -2.05. The van der Waals surface area contributed by atoms with Crippen LogP contribution in [-0.4, -0.2) is 18.4 Å². The quantitative estimate of drug-likeness (QED) is 0.493. The van der Waals surface area contributed by atoms with E-state index in [1.807, 2.05) is 42.5 Å². The molecule has 6 nitrogen and oxygen atoms in total. The SMILES string of the molecule is O=c1[nH]c2ccc(S(=O)(=O)NCc3ccc(-c4ccccc4)s3)cc2[nH]1. The third-order valence-corrected chi connectivity index (χ3v) is 6.49. The molecule has 2 heterocycles. The number of nitrogens with one attached hydrogen (secondary N) is 3. The molecule has 26 heavy (non-hydrogen) atoms. The molecule has 4 rings (SSSR count). The van der Waals surface area contributed by atoms with Crippen LogP contribution in [0.4, 0.5) is 0 Å². The topological polar surface area (TPSA) is 94.8 Å². The predicted molar refractivity (Wildman–Crippen MR) is 103 cm³/mol. The minimum absolute atomic E-state index is 0.111. The molecule has 0 radical (unpaired) electrons. The maximum Gasteiger partial charge on any atom is 0.323 e. The molecule has 3 N–H and O–H groups in total. The number of benzene rings is 2. The number of H-pyrrole nitrogens is 2. The fourth-order valence-corrected chi connectivity index (χ4v) is 4.74. The summed E-state index contributed by atoms with van der Waals surface area (Å²) >= 11 is 1.55. The molecule has 0 spiro atoms. The van der Waals surface area contributed by atoms with Crippen molar-refractivity contribution >= 4 is 32.4 Å². The molecule has 0 saturated carbocycles. The van der Waals surface area contributed by atoms with Crippen molar-refractivity contribution in [2.45, 2.75) is 11.4 Å². The fraction of sp³-hybridized carbons (Fsp3) is 0.0556. The van der Waals surface area contributed by atoms with Crippen molar-refractivity contribution in [3.05, 3.63) is 76.0 Å². The molecule has 0 unspecified atom stereocenters. The number of rotatable bonds is 5. The number of imidazole rings is 1. The highest BCUT2D eigenvalue weighted by Crippen LogP contribution is 2.28. The molecular weight excluding hydrogens is 370 g/mol. The second kappa shape index (κ2) is 6.56. The second-order valence-corrected chi connectivity index (χ2v) is 8.68. The lowest BCUT2D eigenvalue weighted by Crippen LogP contribution is -2.22. The van der Waals surface area contributed by atoms with Crippen LogP contribution in [0.5, 0.6) is 0 Å². The summed E-state index contributed by atoms with van der Waals surface area (Å²) in [5, 5.41) is 0. The smallest absolute Gasteiger partial charge is 0.306 e. The summed E-state index contributed by atoms with van der Waals surface area (Å²) in [6.45, 7) is 0.210. The van der Waals surface area contributed by atoms with Gasteiger partial charge in [0, 0.05) is 16.3 Å². The van der Waals surface area contributed by atoms with Gasteiger partial charge in [0.05, 0.1) is 15.9 Å². The van der Waals surface area contributed by atoms with Crippen molar-refractivity contribution in [1.29, 1.82) is 0 Å². The predicted octanol–water partition coefficient (Wildman–Crippen LogP) is 3.06. The van der Waals surface area contributed by atoms with Gasteiger partial charge in [-0.2, -0.15) is 0 Å². The summed E-state index contributed by atoms with van der Waals surface area (Å²) in [5.74, 6) is 0. The summed E-state index contributed by atoms with van der Waals surface area (Å²) in [4.78, 5) is 18.6. The minimum atomic E-state index is -3.68. The molecule has 8 heteroatoms. The second-order valence-electron chi connectivity index (χ2n) is 5.74. The van der Waals surface area contributed by atoms with Gasteiger partial charge in [-0.25, -0.2) is 17.9 Å². The molecule has 0 amide bonds. The molecule has 0 aliphatic rings. The number of hydrogen-bond acceptors (Lipinski definition) is 4. The molecule has 0 aliphatic carbocycles. The van der Waals surface area contributed by atoms with Gasteiger partial charge in [0.15, 0.2) is 0 Å². The molecular formula is C18H15N3O3S2. The summed E-state index contributed by atoms with van der Waals surface area (Å²) in [5.41, 5.74) is 1.77. The van der Waals surface area contributed by atoms with Gasteiger partial charge in [0.25, 0.3) is 0 Å². The fourth-order valence-electron chi connectivity index (χ4n) is 2.66. The van der Waals surface area contributed by atoms with E-state index in [0.717, 1.165) is 15.3 Å². The van der Waals surface area contributed by atoms with Crippen LogP contribution in [0.25, 0.3) is 21.5 Å². The monoisotopic (exact) mass is 385 g/mol. The zero-order chi connectivity index (χ0) is 18.1.